The molecule has 2 aromatic carbocycles. The number of likely N-dealkylation sites (tertiary alicyclic amines) is 1. The fraction of sp³-hybridized carbons (Fsp3) is 0.300. The number of primary sulfonamides is 1. The molecule has 0 radical (unpaired) electrons. The minimum Gasteiger partial charge on any atom is -0.342 e. The van der Waals surface area contributed by atoms with Gasteiger partial charge in [0.1, 0.15) is 0 Å². The van der Waals surface area contributed by atoms with E-state index in [1.165, 1.54) is 24.3 Å². The van der Waals surface area contributed by atoms with Crippen LogP contribution in [0.2, 0.25) is 0 Å². The van der Waals surface area contributed by atoms with Crippen molar-refractivity contribution in [1.29, 1.82) is 0 Å². The van der Waals surface area contributed by atoms with Crippen molar-refractivity contribution in [2.75, 3.05) is 18.4 Å². The number of anilines is 1. The number of nitrogens with two attached hydrogens (primary N) is 1. The maximum atomic E-state index is 12.5. The first kappa shape index (κ1) is 20.0. The summed E-state index contributed by atoms with van der Waals surface area (Å²) in [5, 5.41) is 7.86. The van der Waals surface area contributed by atoms with Crippen molar-refractivity contribution in [3.05, 3.63) is 60.2 Å². The average Bonchev–Trinajstić information content (AvgIpc) is 2.68. The van der Waals surface area contributed by atoms with Gasteiger partial charge in [-0.25, -0.2) is 13.6 Å². The van der Waals surface area contributed by atoms with E-state index in [1.807, 2.05) is 30.3 Å². The van der Waals surface area contributed by atoms with Gasteiger partial charge in [0.05, 0.1) is 11.3 Å². The summed E-state index contributed by atoms with van der Waals surface area (Å²) in [5.74, 6) is -0.235. The maximum absolute atomic E-state index is 12.5. The van der Waals surface area contributed by atoms with E-state index in [0.29, 0.717) is 38.0 Å². The molecule has 1 fully saturated rings. The SMILES string of the molecule is NS(=O)(=O)c1ccc(NC(=O)C2CCN(C(=O)Cc3ccccc3)CC2)cc1. The van der Waals surface area contributed by atoms with Gasteiger partial charge in [-0.15, -0.1) is 0 Å². The molecule has 2 aromatic rings. The third-order valence-corrected chi connectivity index (χ3v) is 5.80. The largest absolute Gasteiger partial charge is 0.342 e. The van der Waals surface area contributed by atoms with E-state index in [9.17, 15) is 18.0 Å². The molecule has 0 unspecified atom stereocenters. The lowest BCUT2D eigenvalue weighted by molar-refractivity contribution is -0.133. The predicted octanol–water partition coefficient (Wildman–Crippen LogP) is 1.75. The fourth-order valence-corrected chi connectivity index (χ4v) is 3.76. The van der Waals surface area contributed by atoms with Crippen molar-refractivity contribution in [3.8, 4) is 0 Å². The molecule has 8 heteroatoms. The summed E-state index contributed by atoms with van der Waals surface area (Å²) >= 11 is 0. The number of piperidine rings is 1. The fourth-order valence-electron chi connectivity index (χ4n) is 3.25. The Balaban J connectivity index is 1.50. The smallest absolute Gasteiger partial charge is 0.238 e. The molecule has 0 bridgehead atoms. The van der Waals surface area contributed by atoms with Crippen LogP contribution in [0.5, 0.6) is 0 Å². The molecular formula is C20H23N3O4S. The first-order valence-electron chi connectivity index (χ1n) is 9.08. The molecule has 7 nitrogen and oxygen atoms in total. The first-order valence-corrected chi connectivity index (χ1v) is 10.6. The third-order valence-electron chi connectivity index (χ3n) is 4.87. The monoisotopic (exact) mass is 401 g/mol. The first-order chi connectivity index (χ1) is 13.3. The highest BCUT2D eigenvalue weighted by Gasteiger charge is 2.27. The molecule has 1 aliphatic rings. The molecule has 2 amide bonds. The van der Waals surface area contributed by atoms with E-state index in [0.717, 1.165) is 5.56 Å². The number of hydrogen-bond donors (Lipinski definition) is 2. The molecule has 1 saturated heterocycles. The number of carbonyl (C=O) groups is 2. The van der Waals surface area contributed by atoms with Crippen molar-refractivity contribution in [2.45, 2.75) is 24.2 Å². The van der Waals surface area contributed by atoms with E-state index in [2.05, 4.69) is 5.32 Å². The Morgan fingerprint density at radius 2 is 1.61 bits per heavy atom. The Morgan fingerprint density at radius 1 is 1.00 bits per heavy atom. The molecule has 1 aliphatic heterocycles. The summed E-state index contributed by atoms with van der Waals surface area (Å²) in [5.41, 5.74) is 1.50. The van der Waals surface area contributed by atoms with Crippen LogP contribution < -0.4 is 10.5 Å². The second-order valence-corrected chi connectivity index (χ2v) is 8.44. The van der Waals surface area contributed by atoms with Gasteiger partial charge in [-0.05, 0) is 42.7 Å². The van der Waals surface area contributed by atoms with Crippen LogP contribution in [0.4, 0.5) is 5.69 Å². The summed E-state index contributed by atoms with van der Waals surface area (Å²) in [6.07, 6.45) is 1.57. The number of sulfonamides is 1. The summed E-state index contributed by atoms with van der Waals surface area (Å²) in [4.78, 5) is 26.7. The Labute approximate surface area is 164 Å². The molecule has 28 heavy (non-hydrogen) atoms. The number of hydrogen-bond acceptors (Lipinski definition) is 4. The molecule has 0 aromatic heterocycles. The highest BCUT2D eigenvalue weighted by Crippen LogP contribution is 2.21. The zero-order valence-corrected chi connectivity index (χ0v) is 16.2. The van der Waals surface area contributed by atoms with Crippen molar-refractivity contribution in [3.63, 3.8) is 0 Å². The second-order valence-electron chi connectivity index (χ2n) is 6.88. The van der Waals surface area contributed by atoms with Gasteiger partial charge in [-0.2, -0.15) is 0 Å². The minimum atomic E-state index is -3.76. The Hall–Kier alpha value is -2.71. The molecule has 148 valence electrons. The average molecular weight is 401 g/mol. The Bertz CT molecular complexity index is 935. The molecule has 0 saturated carbocycles. The van der Waals surface area contributed by atoms with E-state index < -0.39 is 10.0 Å². The molecule has 0 spiro atoms. The van der Waals surface area contributed by atoms with Crippen molar-refractivity contribution < 1.29 is 18.0 Å². The van der Waals surface area contributed by atoms with Crippen LogP contribution in [0.1, 0.15) is 18.4 Å². The molecular weight excluding hydrogens is 378 g/mol. The van der Waals surface area contributed by atoms with Crippen LogP contribution in [0, 0.1) is 5.92 Å². The highest BCUT2D eigenvalue weighted by atomic mass is 32.2. The van der Waals surface area contributed by atoms with Crippen molar-refractivity contribution in [1.82, 2.24) is 4.90 Å². The van der Waals surface area contributed by atoms with Crippen LogP contribution in [0.3, 0.4) is 0 Å². The number of rotatable bonds is 5. The second kappa shape index (κ2) is 8.53. The van der Waals surface area contributed by atoms with E-state index in [1.54, 1.807) is 4.90 Å². The number of amides is 2. The number of benzene rings is 2. The van der Waals surface area contributed by atoms with Crippen molar-refractivity contribution in [2.24, 2.45) is 11.1 Å². The van der Waals surface area contributed by atoms with E-state index in [4.69, 9.17) is 5.14 Å². The van der Waals surface area contributed by atoms with Gasteiger partial charge in [0, 0.05) is 24.7 Å². The number of nitrogens with one attached hydrogen (secondary N) is 1. The molecule has 0 aliphatic carbocycles. The number of nitrogens with zero attached hydrogens (tertiary/aromatic N) is 1. The topological polar surface area (TPSA) is 110 Å². The molecule has 1 heterocycles. The predicted molar refractivity (Wildman–Crippen MR) is 106 cm³/mol. The standard InChI is InChI=1S/C20H23N3O4S/c21-28(26,27)18-8-6-17(7-9-18)22-20(25)16-10-12-23(13-11-16)19(24)14-15-4-2-1-3-5-15/h1-9,16H,10-14H2,(H,22,25)(H2,21,26,27). The van der Waals surface area contributed by atoms with E-state index in [-0.39, 0.29) is 22.6 Å². The highest BCUT2D eigenvalue weighted by molar-refractivity contribution is 7.89. The summed E-state index contributed by atoms with van der Waals surface area (Å²) in [6, 6.07) is 15.3. The van der Waals surface area contributed by atoms with Crippen LogP contribution in [-0.2, 0) is 26.0 Å². The molecule has 0 atom stereocenters. The Morgan fingerprint density at radius 3 is 2.18 bits per heavy atom. The van der Waals surface area contributed by atoms with Crippen molar-refractivity contribution >= 4 is 27.5 Å². The van der Waals surface area contributed by atoms with Crippen LogP contribution in [-0.4, -0.2) is 38.2 Å². The third kappa shape index (κ3) is 5.17. The zero-order valence-electron chi connectivity index (χ0n) is 15.4. The van der Waals surface area contributed by atoms with Gasteiger partial charge in [0.25, 0.3) is 0 Å². The molecule has 3 rings (SSSR count). The van der Waals surface area contributed by atoms with Gasteiger partial charge in [-0.1, -0.05) is 30.3 Å². The van der Waals surface area contributed by atoms with Crippen LogP contribution in [0.25, 0.3) is 0 Å². The summed E-state index contributed by atoms with van der Waals surface area (Å²) in [7, 11) is -3.76. The molecule has 3 N–H and O–H groups in total. The summed E-state index contributed by atoms with van der Waals surface area (Å²) < 4.78 is 22.5. The van der Waals surface area contributed by atoms with Gasteiger partial charge in [0.15, 0.2) is 0 Å². The summed E-state index contributed by atoms with van der Waals surface area (Å²) in [6.45, 7) is 1.10. The lowest BCUT2D eigenvalue weighted by Gasteiger charge is -2.31. The van der Waals surface area contributed by atoms with Crippen LogP contribution >= 0.6 is 0 Å². The van der Waals surface area contributed by atoms with E-state index >= 15 is 0 Å². The van der Waals surface area contributed by atoms with Gasteiger partial charge in [-0.3, -0.25) is 9.59 Å². The van der Waals surface area contributed by atoms with Crippen LogP contribution in [0.15, 0.2) is 59.5 Å². The number of carbonyl (C=O) groups excluding carboxylic acids is 2. The minimum absolute atomic E-state index is 0.00395. The van der Waals surface area contributed by atoms with Gasteiger partial charge < -0.3 is 10.2 Å². The van der Waals surface area contributed by atoms with Gasteiger partial charge in [0.2, 0.25) is 21.8 Å². The normalized spacial score (nSPS) is 15.2. The van der Waals surface area contributed by atoms with Gasteiger partial charge >= 0.3 is 0 Å². The quantitative estimate of drug-likeness (QED) is 0.795. The maximum Gasteiger partial charge on any atom is 0.238 e. The lowest BCUT2D eigenvalue weighted by Crippen LogP contribution is -2.42. The zero-order chi connectivity index (χ0) is 20.1. The lowest BCUT2D eigenvalue weighted by atomic mass is 9.95. The Kier molecular flexibility index (Phi) is 6.11.